The largest absolute Gasteiger partial charge is 0.387 e. The maximum Gasteiger partial charge on any atom is 0.255 e. The highest BCUT2D eigenvalue weighted by Crippen LogP contribution is 2.29. The van der Waals surface area contributed by atoms with E-state index in [0.717, 1.165) is 5.56 Å². The number of amides is 1. The molecule has 1 atom stereocenters. The van der Waals surface area contributed by atoms with Gasteiger partial charge in [-0.3, -0.25) is 4.79 Å². The van der Waals surface area contributed by atoms with Crippen LogP contribution in [-0.2, 0) is 7.05 Å². The summed E-state index contributed by atoms with van der Waals surface area (Å²) in [6, 6.07) is 12.2. The fourth-order valence-corrected chi connectivity index (χ4v) is 3.63. The second-order valence-electron chi connectivity index (χ2n) is 9.07. The fraction of sp³-hybridized carbons (Fsp3) is 0.240. The maximum absolute atomic E-state index is 14.3. The molecule has 0 radical (unpaired) electrons. The minimum Gasteiger partial charge on any atom is -0.387 e. The van der Waals surface area contributed by atoms with E-state index in [9.17, 15) is 14.3 Å². The molecule has 4 rings (SSSR count). The predicted octanol–water partition coefficient (Wildman–Crippen LogP) is 3.52. The normalized spacial score (nSPS) is 11.9. The van der Waals surface area contributed by atoms with Crippen LogP contribution in [0.4, 0.5) is 27.4 Å². The van der Waals surface area contributed by atoms with Gasteiger partial charge in [-0.05, 0) is 42.5 Å². The monoisotopic (exact) mass is 550 g/mol. The lowest BCUT2D eigenvalue weighted by atomic mass is 10.0. The molecule has 3 aromatic heterocycles. The molecule has 4 aromatic rings. The van der Waals surface area contributed by atoms with Crippen molar-refractivity contribution >= 4 is 40.5 Å². The van der Waals surface area contributed by atoms with Crippen molar-refractivity contribution in [3.63, 3.8) is 0 Å². The topological polar surface area (TPSA) is 167 Å². The molecule has 0 aliphatic carbocycles. The number of nitrogens with zero attached hydrogens (tertiary/aromatic N) is 7. The molecule has 0 fully saturated rings. The van der Waals surface area contributed by atoms with Crippen molar-refractivity contribution in [1.29, 1.82) is 5.26 Å². The Morgan fingerprint density at radius 1 is 1.23 bits per heavy atom. The Bertz CT molecular complexity index is 1550. The molecule has 1 aromatic carbocycles. The number of aryl methyl sites for hydroxylation is 1. The van der Waals surface area contributed by atoms with Gasteiger partial charge in [-0.2, -0.15) is 5.26 Å². The van der Waals surface area contributed by atoms with Gasteiger partial charge in [0.1, 0.15) is 23.9 Å². The number of halogens is 2. The number of alkyl halides is 1. The van der Waals surface area contributed by atoms with Crippen molar-refractivity contribution in [3.8, 4) is 17.5 Å². The van der Waals surface area contributed by atoms with E-state index in [1.165, 1.54) is 37.0 Å². The molecule has 4 N–H and O–H groups in total. The average molecular weight is 551 g/mol. The highest BCUT2D eigenvalue weighted by atomic mass is 35.5. The summed E-state index contributed by atoms with van der Waals surface area (Å²) in [6.45, 7) is 2.24. The lowest BCUT2D eigenvalue weighted by Crippen LogP contribution is -2.42. The molecule has 1 unspecified atom stereocenters. The summed E-state index contributed by atoms with van der Waals surface area (Å²) in [6.07, 6.45) is 0.983. The van der Waals surface area contributed by atoms with Crippen molar-refractivity contribution < 1.29 is 14.3 Å². The molecule has 0 aliphatic heterocycles. The smallest absolute Gasteiger partial charge is 0.255 e. The molecular formula is C25H24ClFN10O2. The van der Waals surface area contributed by atoms with E-state index in [4.69, 9.17) is 16.9 Å². The zero-order chi connectivity index (χ0) is 28.2. The van der Waals surface area contributed by atoms with Gasteiger partial charge in [0.15, 0.2) is 5.82 Å². The Kier molecular flexibility index (Phi) is 7.99. The zero-order valence-corrected chi connectivity index (χ0v) is 21.9. The molecule has 0 spiro atoms. The van der Waals surface area contributed by atoms with Crippen molar-refractivity contribution in [1.82, 2.24) is 35.5 Å². The molecule has 3 heterocycles. The van der Waals surface area contributed by atoms with Crippen LogP contribution in [0, 0.1) is 11.3 Å². The van der Waals surface area contributed by atoms with E-state index >= 15 is 0 Å². The first-order valence-electron chi connectivity index (χ1n) is 11.6. The van der Waals surface area contributed by atoms with Crippen molar-refractivity contribution in [3.05, 3.63) is 64.9 Å². The number of aliphatic hydroxyl groups is 1. The minimum atomic E-state index is -1.69. The number of anilines is 4. The summed E-state index contributed by atoms with van der Waals surface area (Å²) >= 11 is 6.24. The van der Waals surface area contributed by atoms with Crippen LogP contribution < -0.4 is 16.0 Å². The Morgan fingerprint density at radius 3 is 2.69 bits per heavy atom. The van der Waals surface area contributed by atoms with Gasteiger partial charge in [0.25, 0.3) is 5.91 Å². The van der Waals surface area contributed by atoms with Crippen molar-refractivity contribution in [2.75, 3.05) is 17.2 Å². The molecule has 12 nitrogen and oxygen atoms in total. The van der Waals surface area contributed by atoms with Gasteiger partial charge in [0.05, 0.1) is 34.0 Å². The Morgan fingerprint density at radius 2 is 2.03 bits per heavy atom. The Labute approximate surface area is 227 Å². The van der Waals surface area contributed by atoms with E-state index in [1.807, 2.05) is 12.1 Å². The number of nitriles is 1. The first-order valence-corrected chi connectivity index (χ1v) is 12.0. The number of carbonyl (C=O) groups excluding carboxylic acids is 1. The lowest BCUT2D eigenvalue weighted by Gasteiger charge is -2.22. The third kappa shape index (κ3) is 6.61. The number of tetrazole rings is 1. The summed E-state index contributed by atoms with van der Waals surface area (Å²) in [5, 5.41) is 39.3. The van der Waals surface area contributed by atoms with Crippen LogP contribution in [0.3, 0.4) is 0 Å². The van der Waals surface area contributed by atoms with Gasteiger partial charge in [0.2, 0.25) is 0 Å². The van der Waals surface area contributed by atoms with Crippen LogP contribution in [0.15, 0.2) is 48.8 Å². The number of aromatic nitrogens is 6. The lowest BCUT2D eigenvalue weighted by molar-refractivity contribution is -0.00177. The molecule has 14 heteroatoms. The first kappa shape index (κ1) is 27.4. The summed E-state index contributed by atoms with van der Waals surface area (Å²) in [5.74, 6) is 0.484. The molecule has 0 saturated carbocycles. The minimum absolute atomic E-state index is 0.119. The van der Waals surface area contributed by atoms with E-state index in [1.54, 1.807) is 31.3 Å². The third-order valence-corrected chi connectivity index (χ3v) is 5.88. The quantitative estimate of drug-likeness (QED) is 0.242. The van der Waals surface area contributed by atoms with Gasteiger partial charge >= 0.3 is 0 Å². The second kappa shape index (κ2) is 11.4. The first-order chi connectivity index (χ1) is 18.5. The van der Waals surface area contributed by atoms with Crippen LogP contribution in [0.5, 0.6) is 0 Å². The molecule has 0 bridgehead atoms. The van der Waals surface area contributed by atoms with E-state index < -0.39 is 24.2 Å². The molecule has 0 saturated heterocycles. The maximum atomic E-state index is 14.3. The molecule has 0 aliphatic rings. The second-order valence-corrected chi connectivity index (χ2v) is 9.48. The third-order valence-electron chi connectivity index (χ3n) is 5.59. The van der Waals surface area contributed by atoms with Crippen LogP contribution in [0.25, 0.3) is 11.4 Å². The summed E-state index contributed by atoms with van der Waals surface area (Å²) in [7, 11) is 1.72. The molecular weight excluding hydrogens is 527 g/mol. The van der Waals surface area contributed by atoms with Gasteiger partial charge < -0.3 is 21.1 Å². The Hall–Kier alpha value is -4.67. The summed E-state index contributed by atoms with van der Waals surface area (Å²) in [4.78, 5) is 21.4. The van der Waals surface area contributed by atoms with Gasteiger partial charge in [-0.15, -0.1) is 5.10 Å². The molecule has 39 heavy (non-hydrogen) atoms. The highest BCUT2D eigenvalue weighted by molar-refractivity contribution is 6.33. The van der Waals surface area contributed by atoms with Crippen LogP contribution in [-0.4, -0.2) is 59.5 Å². The number of benzene rings is 1. The van der Waals surface area contributed by atoms with Crippen LogP contribution in [0.1, 0.15) is 29.8 Å². The number of carbonyl (C=O) groups is 1. The summed E-state index contributed by atoms with van der Waals surface area (Å²) in [5.41, 5.74) is 0.460. The van der Waals surface area contributed by atoms with E-state index in [0.29, 0.717) is 28.6 Å². The number of hydrogen-bond donors (Lipinski definition) is 4. The van der Waals surface area contributed by atoms with Gasteiger partial charge in [0, 0.05) is 36.8 Å². The van der Waals surface area contributed by atoms with Crippen molar-refractivity contribution in [2.24, 2.45) is 7.05 Å². The summed E-state index contributed by atoms with van der Waals surface area (Å²) < 4.78 is 15.8. The number of pyridine rings is 2. The number of rotatable bonds is 9. The average Bonchev–Trinajstić information content (AvgIpc) is 3.33. The SMILES string of the molecule is Cn1nnnc1-c1cccc(Nc2cc(Nc3ncc(C#N)cc3Cl)ncc2C(=O)NCC(F)C(C)(C)O)c1. The van der Waals surface area contributed by atoms with Crippen LogP contribution >= 0.6 is 11.6 Å². The number of nitrogens with one attached hydrogen (secondary N) is 3. The molecule has 1 amide bonds. The Balaban J connectivity index is 1.66. The molecule has 200 valence electrons. The van der Waals surface area contributed by atoms with Gasteiger partial charge in [-0.1, -0.05) is 23.7 Å². The predicted molar refractivity (Wildman–Crippen MR) is 143 cm³/mol. The van der Waals surface area contributed by atoms with Gasteiger partial charge in [-0.25, -0.2) is 19.0 Å². The van der Waals surface area contributed by atoms with Crippen molar-refractivity contribution in [2.45, 2.75) is 25.6 Å². The van der Waals surface area contributed by atoms with E-state index in [2.05, 4.69) is 41.4 Å². The number of hydrogen-bond acceptors (Lipinski definition) is 10. The highest BCUT2D eigenvalue weighted by Gasteiger charge is 2.27. The standard InChI is InChI=1S/C25H24ClFN10O2/c1-25(2,39)20(27)13-31-24(38)17-12-29-21(33-22-18(26)7-14(10-28)11-30-22)9-19(17)32-16-6-4-5-15(8-16)23-34-35-36-37(23)3/h4-9,11-12,20,39H,13H2,1-3H3,(H,31,38)(H2,29,30,32,33). The zero-order valence-electron chi connectivity index (χ0n) is 21.1. The van der Waals surface area contributed by atoms with E-state index in [-0.39, 0.29) is 16.4 Å². The van der Waals surface area contributed by atoms with Crippen LogP contribution in [0.2, 0.25) is 5.02 Å². The fourth-order valence-electron chi connectivity index (χ4n) is 3.41.